The van der Waals surface area contributed by atoms with E-state index in [9.17, 15) is 27.2 Å². The molecule has 0 radical (unpaired) electrons. The molecule has 6 rings (SSSR count). The van der Waals surface area contributed by atoms with Crippen LogP contribution < -0.4 is 10.6 Å². The number of rotatable bonds is 4. The second kappa shape index (κ2) is 7.48. The molecule has 1 aliphatic heterocycles. The number of imidazole rings is 1. The third-order valence-corrected chi connectivity index (χ3v) is 6.44. The van der Waals surface area contributed by atoms with Crippen LogP contribution in [0, 0.1) is 5.82 Å². The standard InChI is InChI=1S/C22H17F4N7O2/c23-15-8-32(9-22(24,25)26)18-5-16(28-6-13(15)18)11-3-10(11)12-4-17(31-33-2-1-27-19(12)33)14-7-29-21(35)30-20(14)34/h1-2,4-6,8,10-11,14H,3,7,9H2,(H2,29,30,34,35)/t10-,11-,14?/m0/s1. The van der Waals surface area contributed by atoms with Crippen LogP contribution in [0.1, 0.15) is 41.1 Å². The van der Waals surface area contributed by atoms with E-state index in [4.69, 9.17) is 0 Å². The number of carbonyl (C=O) groups excluding carboxylic acids is 2. The van der Waals surface area contributed by atoms with Crippen molar-refractivity contribution < 1.29 is 27.2 Å². The zero-order valence-electron chi connectivity index (χ0n) is 17.9. The Labute approximate surface area is 194 Å². The van der Waals surface area contributed by atoms with Gasteiger partial charge in [0.05, 0.1) is 22.5 Å². The number of alkyl halides is 3. The second-order valence-corrected chi connectivity index (χ2v) is 8.77. The average Bonchev–Trinajstić information content (AvgIpc) is 3.34. The Bertz CT molecular complexity index is 1510. The predicted molar refractivity (Wildman–Crippen MR) is 113 cm³/mol. The van der Waals surface area contributed by atoms with Crippen LogP contribution in [0.4, 0.5) is 22.4 Å². The lowest BCUT2D eigenvalue weighted by Gasteiger charge is -2.22. The van der Waals surface area contributed by atoms with Crippen LogP contribution in [0.5, 0.6) is 0 Å². The number of halogens is 4. The molecular formula is C22H17F4N7O2. The van der Waals surface area contributed by atoms with Crippen LogP contribution >= 0.6 is 0 Å². The van der Waals surface area contributed by atoms with Crippen molar-refractivity contribution in [3.05, 3.63) is 59.7 Å². The van der Waals surface area contributed by atoms with Gasteiger partial charge in [0.1, 0.15) is 12.4 Å². The molecule has 2 fully saturated rings. The molecule has 1 saturated heterocycles. The van der Waals surface area contributed by atoms with Gasteiger partial charge in [-0.05, 0) is 24.5 Å². The number of urea groups is 1. The molecule has 2 N–H and O–H groups in total. The van der Waals surface area contributed by atoms with Gasteiger partial charge in [-0.2, -0.15) is 18.3 Å². The van der Waals surface area contributed by atoms with Crippen molar-refractivity contribution in [2.75, 3.05) is 6.54 Å². The van der Waals surface area contributed by atoms with Gasteiger partial charge in [-0.15, -0.1) is 0 Å². The summed E-state index contributed by atoms with van der Waals surface area (Å²) >= 11 is 0. The number of fused-ring (bicyclic) bond motifs is 2. The highest BCUT2D eigenvalue weighted by atomic mass is 19.4. The smallest absolute Gasteiger partial charge is 0.337 e. The SMILES string of the molecule is O=C1NCC(c2cc([C@H]3C[C@@H]3c3cc4c(cn3)c(F)cn4CC(F)(F)F)c3nccn3n2)C(=O)N1. The number of hydrogen-bond donors (Lipinski definition) is 2. The van der Waals surface area contributed by atoms with Gasteiger partial charge in [0.15, 0.2) is 5.65 Å². The summed E-state index contributed by atoms with van der Waals surface area (Å²) in [5.74, 6) is -2.08. The number of amides is 3. The number of imide groups is 1. The molecule has 9 nitrogen and oxygen atoms in total. The van der Waals surface area contributed by atoms with Crippen molar-refractivity contribution >= 4 is 28.5 Å². The molecule has 2 aliphatic rings. The molecule has 4 aromatic rings. The predicted octanol–water partition coefficient (Wildman–Crippen LogP) is 2.97. The van der Waals surface area contributed by atoms with E-state index in [1.54, 1.807) is 23.0 Å². The van der Waals surface area contributed by atoms with Gasteiger partial charge in [0.25, 0.3) is 0 Å². The van der Waals surface area contributed by atoms with E-state index in [2.05, 4.69) is 25.7 Å². The van der Waals surface area contributed by atoms with E-state index >= 15 is 0 Å². The van der Waals surface area contributed by atoms with Gasteiger partial charge in [-0.1, -0.05) is 0 Å². The largest absolute Gasteiger partial charge is 0.406 e. The van der Waals surface area contributed by atoms with Crippen LogP contribution in [0.25, 0.3) is 16.6 Å². The molecule has 1 aliphatic carbocycles. The van der Waals surface area contributed by atoms with E-state index in [-0.39, 0.29) is 29.3 Å². The maximum absolute atomic E-state index is 14.2. The van der Waals surface area contributed by atoms with Crippen molar-refractivity contribution in [3.8, 4) is 0 Å². The molecule has 0 aromatic carbocycles. The Morgan fingerprint density at radius 1 is 1.11 bits per heavy atom. The van der Waals surface area contributed by atoms with Gasteiger partial charge in [-0.3, -0.25) is 15.1 Å². The van der Waals surface area contributed by atoms with Gasteiger partial charge in [0.2, 0.25) is 5.91 Å². The highest BCUT2D eigenvalue weighted by molar-refractivity contribution is 6.00. The highest BCUT2D eigenvalue weighted by Gasteiger charge is 2.43. The fourth-order valence-corrected chi connectivity index (χ4v) is 4.72. The maximum atomic E-state index is 14.2. The number of aromatic nitrogens is 5. The van der Waals surface area contributed by atoms with Gasteiger partial charge >= 0.3 is 12.2 Å². The van der Waals surface area contributed by atoms with Crippen molar-refractivity contribution in [1.29, 1.82) is 0 Å². The van der Waals surface area contributed by atoms with Gasteiger partial charge in [0, 0.05) is 48.5 Å². The fraction of sp³-hybridized carbons (Fsp3) is 0.318. The quantitative estimate of drug-likeness (QED) is 0.431. The summed E-state index contributed by atoms with van der Waals surface area (Å²) in [5.41, 5.74) is 2.54. The summed E-state index contributed by atoms with van der Waals surface area (Å²) in [6, 6.07) is 2.72. The number of nitrogens with one attached hydrogen (secondary N) is 2. The van der Waals surface area contributed by atoms with Gasteiger partial charge < -0.3 is 9.88 Å². The molecule has 3 amide bonds. The van der Waals surface area contributed by atoms with E-state index in [0.29, 0.717) is 23.5 Å². The molecular weight excluding hydrogens is 470 g/mol. The maximum Gasteiger partial charge on any atom is 0.406 e. The molecule has 3 atom stereocenters. The van der Waals surface area contributed by atoms with Crippen molar-refractivity contribution in [2.24, 2.45) is 0 Å². The van der Waals surface area contributed by atoms with Crippen molar-refractivity contribution in [3.63, 3.8) is 0 Å². The minimum Gasteiger partial charge on any atom is -0.337 e. The first-order chi connectivity index (χ1) is 16.7. The topological polar surface area (TPSA) is 106 Å². The minimum absolute atomic E-state index is 0.0300. The van der Waals surface area contributed by atoms with Crippen LogP contribution in [-0.4, -0.2) is 48.8 Å². The number of pyridine rings is 1. The highest BCUT2D eigenvalue weighted by Crippen LogP contribution is 2.55. The minimum atomic E-state index is -4.49. The molecule has 35 heavy (non-hydrogen) atoms. The lowest BCUT2D eigenvalue weighted by molar-refractivity contribution is -0.140. The van der Waals surface area contributed by atoms with E-state index in [1.165, 1.54) is 12.3 Å². The zero-order chi connectivity index (χ0) is 24.5. The Hall–Kier alpha value is -4.03. The Morgan fingerprint density at radius 2 is 1.94 bits per heavy atom. The summed E-state index contributed by atoms with van der Waals surface area (Å²) in [6.07, 6.45) is 1.49. The molecule has 4 aromatic heterocycles. The van der Waals surface area contributed by atoms with E-state index < -0.39 is 36.4 Å². The monoisotopic (exact) mass is 487 g/mol. The first-order valence-corrected chi connectivity index (χ1v) is 10.8. The summed E-state index contributed by atoms with van der Waals surface area (Å²) in [7, 11) is 0. The molecule has 1 unspecified atom stereocenters. The molecule has 5 heterocycles. The lowest BCUT2D eigenvalue weighted by Crippen LogP contribution is -2.51. The second-order valence-electron chi connectivity index (χ2n) is 8.77. The summed E-state index contributed by atoms with van der Waals surface area (Å²) < 4.78 is 55.5. The molecule has 13 heteroatoms. The summed E-state index contributed by atoms with van der Waals surface area (Å²) in [5, 5.41) is 9.31. The van der Waals surface area contributed by atoms with Gasteiger partial charge in [-0.25, -0.2) is 18.7 Å². The Kier molecular flexibility index (Phi) is 4.60. The lowest BCUT2D eigenvalue weighted by atomic mass is 9.99. The zero-order valence-corrected chi connectivity index (χ0v) is 17.9. The number of hydrogen-bond acceptors (Lipinski definition) is 5. The first-order valence-electron chi connectivity index (χ1n) is 10.8. The summed E-state index contributed by atoms with van der Waals surface area (Å²) in [4.78, 5) is 32.5. The molecule has 180 valence electrons. The van der Waals surface area contributed by atoms with Crippen molar-refractivity contribution in [2.45, 2.75) is 36.9 Å². The average molecular weight is 487 g/mol. The first kappa shape index (κ1) is 21.5. The van der Waals surface area contributed by atoms with E-state index in [1.807, 2.05) is 0 Å². The number of carbonyl (C=O) groups is 2. The van der Waals surface area contributed by atoms with Crippen molar-refractivity contribution in [1.82, 2.24) is 34.8 Å². The Morgan fingerprint density at radius 3 is 2.71 bits per heavy atom. The third kappa shape index (κ3) is 3.76. The molecule has 1 saturated carbocycles. The molecule has 0 spiro atoms. The third-order valence-electron chi connectivity index (χ3n) is 6.44. The van der Waals surface area contributed by atoms with Crippen LogP contribution in [0.15, 0.2) is 36.9 Å². The Balaban J connectivity index is 1.35. The number of nitrogens with zero attached hydrogens (tertiary/aromatic N) is 5. The van der Waals surface area contributed by atoms with E-state index in [0.717, 1.165) is 16.3 Å². The fourth-order valence-electron chi connectivity index (χ4n) is 4.72. The normalized spacial score (nSPS) is 22.5. The molecule has 0 bridgehead atoms. The van der Waals surface area contributed by atoms with Crippen LogP contribution in [0.2, 0.25) is 0 Å². The van der Waals surface area contributed by atoms with Crippen LogP contribution in [-0.2, 0) is 11.3 Å². The summed E-state index contributed by atoms with van der Waals surface area (Å²) in [6.45, 7) is -1.20. The van der Waals surface area contributed by atoms with Crippen LogP contribution in [0.3, 0.4) is 0 Å².